The van der Waals surface area contributed by atoms with Gasteiger partial charge in [-0.25, -0.2) is 4.98 Å². The van der Waals surface area contributed by atoms with Crippen LogP contribution in [0.4, 0.5) is 0 Å². The van der Waals surface area contributed by atoms with Gasteiger partial charge in [-0.1, -0.05) is 29.8 Å². The molecule has 3 aromatic rings. The third-order valence-electron chi connectivity index (χ3n) is 3.80. The van der Waals surface area contributed by atoms with Gasteiger partial charge >= 0.3 is 0 Å². The van der Waals surface area contributed by atoms with Crippen molar-refractivity contribution in [3.63, 3.8) is 0 Å². The van der Waals surface area contributed by atoms with E-state index in [9.17, 15) is 4.79 Å². The minimum atomic E-state index is 0.133. The second-order valence-electron chi connectivity index (χ2n) is 5.56. The predicted molar refractivity (Wildman–Crippen MR) is 84.7 cm³/mol. The van der Waals surface area contributed by atoms with Gasteiger partial charge in [-0.15, -0.1) is 0 Å². The van der Waals surface area contributed by atoms with Crippen LogP contribution in [0.3, 0.4) is 0 Å². The number of fused-ring (bicyclic) bond motifs is 1. The van der Waals surface area contributed by atoms with Gasteiger partial charge in [0.15, 0.2) is 5.78 Å². The van der Waals surface area contributed by atoms with Gasteiger partial charge in [-0.3, -0.25) is 4.79 Å². The molecule has 0 N–H and O–H groups in total. The Bertz CT molecular complexity index is 807. The highest BCUT2D eigenvalue weighted by molar-refractivity contribution is 5.99. The van der Waals surface area contributed by atoms with E-state index in [1.54, 1.807) is 6.33 Å². The molecule has 2 aromatic carbocycles. The van der Waals surface area contributed by atoms with Gasteiger partial charge in [0.2, 0.25) is 0 Å². The fourth-order valence-electron chi connectivity index (χ4n) is 2.99. The third-order valence-corrected chi connectivity index (χ3v) is 3.80. The van der Waals surface area contributed by atoms with Crippen LogP contribution in [-0.2, 0) is 6.54 Å². The summed E-state index contributed by atoms with van der Waals surface area (Å²) in [5.41, 5.74) is 6.02. The van der Waals surface area contributed by atoms with Crippen LogP contribution >= 0.6 is 0 Å². The smallest absolute Gasteiger partial charge is 0.183 e. The number of aromatic nitrogens is 2. The van der Waals surface area contributed by atoms with Crippen molar-refractivity contribution < 1.29 is 4.79 Å². The second kappa shape index (κ2) is 5.17. The molecule has 0 saturated heterocycles. The van der Waals surface area contributed by atoms with Crippen LogP contribution in [0.1, 0.15) is 27.0 Å². The zero-order chi connectivity index (χ0) is 15.0. The summed E-state index contributed by atoms with van der Waals surface area (Å²) in [4.78, 5) is 17.0. The van der Waals surface area contributed by atoms with Crippen molar-refractivity contribution in [2.75, 3.05) is 0 Å². The summed E-state index contributed by atoms with van der Waals surface area (Å²) in [7, 11) is 0. The Kier molecular flexibility index (Phi) is 3.34. The lowest BCUT2D eigenvalue weighted by atomic mass is 9.96. The number of hydrogen-bond donors (Lipinski definition) is 0. The maximum Gasteiger partial charge on any atom is 0.183 e. The molecule has 0 aliphatic rings. The van der Waals surface area contributed by atoms with Gasteiger partial charge < -0.3 is 4.57 Å². The number of benzene rings is 2. The maximum atomic E-state index is 12.7. The average Bonchev–Trinajstić information content (AvgIpc) is 2.81. The first-order chi connectivity index (χ1) is 10.1. The number of nitrogens with zero attached hydrogens (tertiary/aromatic N) is 2. The molecule has 0 aliphatic heterocycles. The molecule has 3 heteroatoms. The highest BCUT2D eigenvalue weighted by atomic mass is 16.1. The molecule has 21 heavy (non-hydrogen) atoms. The molecule has 3 nitrogen and oxygen atoms in total. The van der Waals surface area contributed by atoms with Crippen molar-refractivity contribution in [3.8, 4) is 0 Å². The lowest BCUT2D eigenvalue weighted by Crippen LogP contribution is -2.12. The summed E-state index contributed by atoms with van der Waals surface area (Å²) in [6.07, 6.45) is 1.74. The minimum Gasteiger partial charge on any atom is -0.323 e. The van der Waals surface area contributed by atoms with Crippen LogP contribution < -0.4 is 0 Å². The Labute approximate surface area is 124 Å². The molecule has 0 saturated carbocycles. The first kappa shape index (κ1) is 13.6. The van der Waals surface area contributed by atoms with Gasteiger partial charge in [0.1, 0.15) is 0 Å². The number of carbonyl (C=O) groups is 1. The van der Waals surface area contributed by atoms with Crippen molar-refractivity contribution in [1.82, 2.24) is 9.55 Å². The Morgan fingerprint density at radius 1 is 1.10 bits per heavy atom. The summed E-state index contributed by atoms with van der Waals surface area (Å²) < 4.78 is 1.91. The summed E-state index contributed by atoms with van der Waals surface area (Å²) in [5.74, 6) is 0.133. The molecule has 0 fully saturated rings. The Hall–Kier alpha value is -2.42. The molecule has 0 atom stereocenters. The molecule has 1 heterocycles. The highest BCUT2D eigenvalue weighted by Gasteiger charge is 2.14. The third kappa shape index (κ3) is 2.47. The molecule has 0 unspecified atom stereocenters. The predicted octanol–water partition coefficient (Wildman–Crippen LogP) is 3.84. The number of hydrogen-bond acceptors (Lipinski definition) is 2. The highest BCUT2D eigenvalue weighted by Crippen LogP contribution is 2.19. The van der Waals surface area contributed by atoms with Crippen molar-refractivity contribution >= 4 is 16.8 Å². The number of Topliss-reactive ketones (excluding diaryl/α,β-unsaturated/α-hetero) is 1. The molecule has 0 spiro atoms. The maximum absolute atomic E-state index is 12.7. The van der Waals surface area contributed by atoms with Crippen molar-refractivity contribution in [1.29, 1.82) is 0 Å². The summed E-state index contributed by atoms with van der Waals surface area (Å²) in [5, 5.41) is 0. The van der Waals surface area contributed by atoms with E-state index in [0.29, 0.717) is 6.54 Å². The minimum absolute atomic E-state index is 0.133. The normalized spacial score (nSPS) is 11.0. The van der Waals surface area contributed by atoms with Crippen molar-refractivity contribution in [2.45, 2.75) is 27.3 Å². The number of rotatable bonds is 3. The zero-order valence-corrected chi connectivity index (χ0v) is 12.6. The molecule has 0 amide bonds. The lowest BCUT2D eigenvalue weighted by Gasteiger charge is -2.11. The second-order valence-corrected chi connectivity index (χ2v) is 5.56. The van der Waals surface area contributed by atoms with Crippen LogP contribution in [0.25, 0.3) is 11.0 Å². The Morgan fingerprint density at radius 2 is 1.76 bits per heavy atom. The quantitative estimate of drug-likeness (QED) is 0.682. The van der Waals surface area contributed by atoms with Crippen molar-refractivity contribution in [3.05, 3.63) is 65.0 Å². The largest absolute Gasteiger partial charge is 0.323 e. The number of ketones is 1. The standard InChI is InChI=1S/C18H18N2O/c1-12-8-13(2)18(14(3)9-12)17(21)10-20-11-19-15-6-4-5-7-16(15)20/h4-9,11H,10H2,1-3H3. The van der Waals surface area contributed by atoms with E-state index in [1.807, 2.05) is 42.7 Å². The number of carbonyl (C=O) groups excluding carboxylic acids is 1. The van der Waals surface area contributed by atoms with E-state index in [-0.39, 0.29) is 5.78 Å². The average molecular weight is 278 g/mol. The van der Waals surface area contributed by atoms with Gasteiger partial charge in [0.25, 0.3) is 0 Å². The van der Waals surface area contributed by atoms with E-state index in [1.165, 1.54) is 5.56 Å². The van der Waals surface area contributed by atoms with Crippen LogP contribution in [0.5, 0.6) is 0 Å². The van der Waals surface area contributed by atoms with Crippen LogP contribution in [0.15, 0.2) is 42.7 Å². The topological polar surface area (TPSA) is 34.9 Å². The molecule has 0 bridgehead atoms. The number of aryl methyl sites for hydroxylation is 3. The molecule has 1 aromatic heterocycles. The Morgan fingerprint density at radius 3 is 2.48 bits per heavy atom. The molecule has 106 valence electrons. The van der Waals surface area contributed by atoms with Gasteiger partial charge in [0, 0.05) is 5.56 Å². The summed E-state index contributed by atoms with van der Waals surface area (Å²) >= 11 is 0. The van der Waals surface area contributed by atoms with Crippen LogP contribution in [-0.4, -0.2) is 15.3 Å². The summed E-state index contributed by atoms with van der Waals surface area (Å²) in [6, 6.07) is 12.0. The Balaban J connectivity index is 1.97. The van der Waals surface area contributed by atoms with E-state index < -0.39 is 0 Å². The van der Waals surface area contributed by atoms with E-state index in [2.05, 4.69) is 24.0 Å². The number of para-hydroxylation sites is 2. The molecule has 0 aliphatic carbocycles. The molecular formula is C18H18N2O. The van der Waals surface area contributed by atoms with E-state index in [4.69, 9.17) is 0 Å². The molecular weight excluding hydrogens is 260 g/mol. The van der Waals surface area contributed by atoms with Gasteiger partial charge in [0.05, 0.1) is 23.9 Å². The first-order valence-electron chi connectivity index (χ1n) is 7.07. The number of imidazole rings is 1. The van der Waals surface area contributed by atoms with E-state index in [0.717, 1.165) is 27.7 Å². The first-order valence-corrected chi connectivity index (χ1v) is 7.07. The zero-order valence-electron chi connectivity index (χ0n) is 12.6. The lowest BCUT2D eigenvalue weighted by molar-refractivity contribution is 0.0972. The van der Waals surface area contributed by atoms with Gasteiger partial charge in [-0.05, 0) is 44.0 Å². The fraction of sp³-hybridized carbons (Fsp3) is 0.222. The monoisotopic (exact) mass is 278 g/mol. The van der Waals surface area contributed by atoms with Crippen molar-refractivity contribution in [2.24, 2.45) is 0 Å². The summed E-state index contributed by atoms with van der Waals surface area (Å²) in [6.45, 7) is 6.38. The molecule has 3 rings (SSSR count). The fourth-order valence-corrected chi connectivity index (χ4v) is 2.99. The SMILES string of the molecule is Cc1cc(C)c(C(=O)Cn2cnc3ccccc32)c(C)c1. The van der Waals surface area contributed by atoms with Crippen LogP contribution in [0, 0.1) is 20.8 Å². The van der Waals surface area contributed by atoms with E-state index >= 15 is 0 Å². The molecule has 0 radical (unpaired) electrons. The van der Waals surface area contributed by atoms with Crippen LogP contribution in [0.2, 0.25) is 0 Å². The van der Waals surface area contributed by atoms with Gasteiger partial charge in [-0.2, -0.15) is 0 Å².